The van der Waals surface area contributed by atoms with Crippen LogP contribution in [0.15, 0.2) is 24.2 Å². The average molecular weight is 233 g/mol. The lowest BCUT2D eigenvalue weighted by Crippen LogP contribution is -2.08. The zero-order valence-corrected chi connectivity index (χ0v) is 10.6. The zero-order valence-electron chi connectivity index (χ0n) is 9.77. The number of aromatic nitrogens is 3. The molecule has 84 valence electrons. The van der Waals surface area contributed by atoms with E-state index < -0.39 is 0 Å². The van der Waals surface area contributed by atoms with E-state index in [0.717, 1.165) is 17.7 Å². The molecule has 0 saturated heterocycles. The Hall–Kier alpha value is -1.29. The van der Waals surface area contributed by atoms with Crippen molar-refractivity contribution in [3.63, 3.8) is 0 Å². The average Bonchev–Trinajstić information content (AvgIpc) is 2.64. The van der Waals surface area contributed by atoms with Gasteiger partial charge in [-0.15, -0.1) is 11.3 Å². The second kappa shape index (κ2) is 4.29. The van der Waals surface area contributed by atoms with E-state index in [2.05, 4.69) is 35.7 Å². The Balaban J connectivity index is 2.33. The summed E-state index contributed by atoms with van der Waals surface area (Å²) in [6.07, 6.45) is 6.20. The largest absolute Gasteiger partial charge is 0.244 e. The maximum atomic E-state index is 4.41. The van der Waals surface area contributed by atoms with Gasteiger partial charge in [-0.05, 0) is 11.8 Å². The summed E-state index contributed by atoms with van der Waals surface area (Å²) >= 11 is 1.70. The van der Waals surface area contributed by atoms with Gasteiger partial charge in [0, 0.05) is 22.8 Å². The molecule has 0 N–H and O–H groups in total. The van der Waals surface area contributed by atoms with Crippen molar-refractivity contribution < 1.29 is 0 Å². The Labute approximate surface area is 99.6 Å². The molecule has 2 aromatic rings. The van der Waals surface area contributed by atoms with Crippen molar-refractivity contribution in [2.24, 2.45) is 5.41 Å². The Bertz CT molecular complexity index is 457. The highest BCUT2D eigenvalue weighted by molar-refractivity contribution is 7.10. The van der Waals surface area contributed by atoms with Crippen LogP contribution in [-0.4, -0.2) is 15.0 Å². The van der Waals surface area contributed by atoms with E-state index in [0.29, 0.717) is 0 Å². The van der Waals surface area contributed by atoms with Crippen LogP contribution in [0.5, 0.6) is 0 Å². The number of thiazole rings is 1. The van der Waals surface area contributed by atoms with Crippen LogP contribution >= 0.6 is 11.3 Å². The molecule has 0 aromatic carbocycles. The summed E-state index contributed by atoms with van der Waals surface area (Å²) < 4.78 is 0. The van der Waals surface area contributed by atoms with Crippen molar-refractivity contribution in [3.8, 4) is 11.3 Å². The molecule has 16 heavy (non-hydrogen) atoms. The Morgan fingerprint density at radius 1 is 1.19 bits per heavy atom. The summed E-state index contributed by atoms with van der Waals surface area (Å²) in [4.78, 5) is 13.8. The minimum absolute atomic E-state index is 0.275. The van der Waals surface area contributed by atoms with E-state index in [9.17, 15) is 0 Å². The number of nitrogens with zero attached hydrogens (tertiary/aromatic N) is 3. The summed E-state index contributed by atoms with van der Waals surface area (Å²) in [5.74, 6) is 0. The van der Waals surface area contributed by atoms with Crippen LogP contribution in [0.3, 0.4) is 0 Å². The van der Waals surface area contributed by atoms with E-state index in [1.54, 1.807) is 17.7 Å². The van der Waals surface area contributed by atoms with Gasteiger partial charge in [-0.3, -0.25) is 0 Å². The topological polar surface area (TPSA) is 38.7 Å². The van der Waals surface area contributed by atoms with Gasteiger partial charge in [0.15, 0.2) is 0 Å². The summed E-state index contributed by atoms with van der Waals surface area (Å²) in [7, 11) is 0. The Morgan fingerprint density at radius 2 is 1.88 bits per heavy atom. The summed E-state index contributed by atoms with van der Waals surface area (Å²) in [6, 6.07) is 0. The maximum absolute atomic E-state index is 4.41. The minimum Gasteiger partial charge on any atom is -0.244 e. The Morgan fingerprint density at radius 3 is 2.50 bits per heavy atom. The first-order valence-electron chi connectivity index (χ1n) is 5.24. The molecule has 0 aliphatic rings. The van der Waals surface area contributed by atoms with Crippen molar-refractivity contribution in [1.29, 1.82) is 0 Å². The SMILES string of the molecule is CC(C)(C)Cc1scnc1-c1cncnc1. The molecule has 0 radical (unpaired) electrons. The second-order valence-electron chi connectivity index (χ2n) is 4.99. The molecule has 0 amide bonds. The lowest BCUT2D eigenvalue weighted by Gasteiger charge is -2.17. The number of hydrogen-bond donors (Lipinski definition) is 0. The highest BCUT2D eigenvalue weighted by atomic mass is 32.1. The van der Waals surface area contributed by atoms with E-state index in [1.165, 1.54) is 4.88 Å². The first-order chi connectivity index (χ1) is 7.56. The van der Waals surface area contributed by atoms with Gasteiger partial charge in [-0.25, -0.2) is 15.0 Å². The number of rotatable bonds is 2. The third kappa shape index (κ3) is 2.64. The monoisotopic (exact) mass is 233 g/mol. The fraction of sp³-hybridized carbons (Fsp3) is 0.417. The van der Waals surface area contributed by atoms with Gasteiger partial charge in [0.2, 0.25) is 0 Å². The van der Waals surface area contributed by atoms with Gasteiger partial charge in [-0.2, -0.15) is 0 Å². The van der Waals surface area contributed by atoms with Crippen LogP contribution in [0.1, 0.15) is 25.6 Å². The van der Waals surface area contributed by atoms with Gasteiger partial charge in [0.1, 0.15) is 6.33 Å². The fourth-order valence-corrected chi connectivity index (χ4v) is 2.62. The van der Waals surface area contributed by atoms with Gasteiger partial charge in [0.05, 0.1) is 11.2 Å². The molecular formula is C12H15N3S. The first kappa shape index (κ1) is 11.2. The minimum atomic E-state index is 0.275. The summed E-state index contributed by atoms with van der Waals surface area (Å²) in [6.45, 7) is 6.70. The second-order valence-corrected chi connectivity index (χ2v) is 5.93. The molecule has 0 unspecified atom stereocenters. The van der Waals surface area contributed by atoms with E-state index >= 15 is 0 Å². The molecule has 4 heteroatoms. The molecule has 0 bridgehead atoms. The third-order valence-corrected chi connectivity index (χ3v) is 3.00. The van der Waals surface area contributed by atoms with Gasteiger partial charge in [0.25, 0.3) is 0 Å². The molecule has 0 spiro atoms. The molecule has 2 aromatic heterocycles. The fourth-order valence-electron chi connectivity index (χ4n) is 1.53. The number of hydrogen-bond acceptors (Lipinski definition) is 4. The smallest absolute Gasteiger partial charge is 0.115 e. The van der Waals surface area contributed by atoms with Crippen LogP contribution < -0.4 is 0 Å². The Kier molecular flexibility index (Phi) is 3.01. The van der Waals surface area contributed by atoms with Crippen LogP contribution in [0, 0.1) is 5.41 Å². The van der Waals surface area contributed by atoms with Crippen molar-refractivity contribution in [1.82, 2.24) is 15.0 Å². The molecule has 0 aliphatic carbocycles. The molecule has 3 nitrogen and oxygen atoms in total. The molecule has 0 saturated carbocycles. The summed E-state index contributed by atoms with van der Waals surface area (Å²) in [5, 5.41) is 0. The molecule has 2 heterocycles. The van der Waals surface area contributed by atoms with Gasteiger partial charge in [-0.1, -0.05) is 20.8 Å². The van der Waals surface area contributed by atoms with Crippen LogP contribution in [0.25, 0.3) is 11.3 Å². The molecule has 0 atom stereocenters. The van der Waals surface area contributed by atoms with E-state index in [-0.39, 0.29) is 5.41 Å². The molecule has 0 aliphatic heterocycles. The lowest BCUT2D eigenvalue weighted by atomic mass is 9.90. The van der Waals surface area contributed by atoms with Crippen molar-refractivity contribution >= 4 is 11.3 Å². The molecule has 2 rings (SSSR count). The van der Waals surface area contributed by atoms with Crippen molar-refractivity contribution in [3.05, 3.63) is 29.1 Å². The lowest BCUT2D eigenvalue weighted by molar-refractivity contribution is 0.415. The zero-order chi connectivity index (χ0) is 11.6. The van der Waals surface area contributed by atoms with Gasteiger partial charge < -0.3 is 0 Å². The predicted octanol–water partition coefficient (Wildman–Crippen LogP) is 3.19. The van der Waals surface area contributed by atoms with E-state index in [4.69, 9.17) is 0 Å². The molecular weight excluding hydrogens is 218 g/mol. The maximum Gasteiger partial charge on any atom is 0.115 e. The normalized spacial score (nSPS) is 11.7. The van der Waals surface area contributed by atoms with Crippen LogP contribution in [0.2, 0.25) is 0 Å². The predicted molar refractivity (Wildman–Crippen MR) is 66.3 cm³/mol. The molecule has 0 fully saturated rings. The van der Waals surface area contributed by atoms with Crippen LogP contribution in [0.4, 0.5) is 0 Å². The highest BCUT2D eigenvalue weighted by Crippen LogP contribution is 2.30. The van der Waals surface area contributed by atoms with Gasteiger partial charge >= 0.3 is 0 Å². The standard InChI is InChI=1S/C12H15N3S/c1-12(2,3)4-10-11(15-8-16-10)9-5-13-7-14-6-9/h5-8H,4H2,1-3H3. The quantitative estimate of drug-likeness (QED) is 0.799. The third-order valence-electron chi connectivity index (χ3n) is 2.17. The van der Waals surface area contributed by atoms with E-state index in [1.807, 2.05) is 17.9 Å². The highest BCUT2D eigenvalue weighted by Gasteiger charge is 2.17. The summed E-state index contributed by atoms with van der Waals surface area (Å²) in [5.41, 5.74) is 4.20. The van der Waals surface area contributed by atoms with Crippen molar-refractivity contribution in [2.75, 3.05) is 0 Å². The first-order valence-corrected chi connectivity index (χ1v) is 6.12. The van der Waals surface area contributed by atoms with Crippen LogP contribution in [-0.2, 0) is 6.42 Å². The van der Waals surface area contributed by atoms with Crippen molar-refractivity contribution in [2.45, 2.75) is 27.2 Å².